The Hall–Kier alpha value is -2.54. The SMILES string of the molecule is c1ccc(-n2cc(CNCCCOCC3CCCO3)c(-c3ccncc3)n2)cc1. The number of rotatable bonds is 10. The first kappa shape index (κ1) is 19.8. The van der Waals surface area contributed by atoms with Gasteiger partial charge in [-0.1, -0.05) is 18.2 Å². The predicted molar refractivity (Wildman–Crippen MR) is 113 cm³/mol. The number of pyridine rings is 1. The van der Waals surface area contributed by atoms with Crippen LogP contribution in [0, 0.1) is 0 Å². The van der Waals surface area contributed by atoms with Crippen molar-refractivity contribution in [2.24, 2.45) is 0 Å². The van der Waals surface area contributed by atoms with Crippen LogP contribution in [0.25, 0.3) is 16.9 Å². The van der Waals surface area contributed by atoms with Gasteiger partial charge in [0.1, 0.15) is 0 Å². The number of para-hydroxylation sites is 1. The van der Waals surface area contributed by atoms with E-state index in [9.17, 15) is 0 Å². The van der Waals surface area contributed by atoms with Crippen molar-refractivity contribution in [3.63, 3.8) is 0 Å². The summed E-state index contributed by atoms with van der Waals surface area (Å²) < 4.78 is 13.3. The van der Waals surface area contributed by atoms with E-state index >= 15 is 0 Å². The summed E-state index contributed by atoms with van der Waals surface area (Å²) >= 11 is 0. The summed E-state index contributed by atoms with van der Waals surface area (Å²) in [6.07, 6.45) is 9.28. The van der Waals surface area contributed by atoms with Gasteiger partial charge in [0.15, 0.2) is 0 Å². The first-order chi connectivity index (χ1) is 14.4. The van der Waals surface area contributed by atoms with Crippen molar-refractivity contribution in [2.75, 3.05) is 26.4 Å². The number of nitrogens with zero attached hydrogens (tertiary/aromatic N) is 3. The zero-order valence-corrected chi connectivity index (χ0v) is 16.7. The first-order valence-corrected chi connectivity index (χ1v) is 10.3. The van der Waals surface area contributed by atoms with E-state index in [1.807, 2.05) is 35.0 Å². The number of nitrogens with one attached hydrogen (secondary N) is 1. The van der Waals surface area contributed by atoms with Gasteiger partial charge in [0, 0.05) is 49.5 Å². The molecule has 0 aliphatic carbocycles. The Kier molecular flexibility index (Phi) is 7.02. The number of hydrogen-bond donors (Lipinski definition) is 1. The molecule has 6 nitrogen and oxygen atoms in total. The van der Waals surface area contributed by atoms with E-state index in [1.165, 1.54) is 5.56 Å². The Morgan fingerprint density at radius 3 is 2.79 bits per heavy atom. The fraction of sp³-hybridized carbons (Fsp3) is 0.391. The largest absolute Gasteiger partial charge is 0.379 e. The minimum Gasteiger partial charge on any atom is -0.379 e. The van der Waals surface area contributed by atoms with Crippen molar-refractivity contribution in [2.45, 2.75) is 31.9 Å². The lowest BCUT2D eigenvalue weighted by Crippen LogP contribution is -2.19. The summed E-state index contributed by atoms with van der Waals surface area (Å²) in [6, 6.07) is 14.2. The lowest BCUT2D eigenvalue weighted by molar-refractivity contribution is 0.0166. The van der Waals surface area contributed by atoms with Gasteiger partial charge in [-0.15, -0.1) is 0 Å². The van der Waals surface area contributed by atoms with Crippen LogP contribution in [0.2, 0.25) is 0 Å². The molecule has 29 heavy (non-hydrogen) atoms. The molecular formula is C23H28N4O2. The first-order valence-electron chi connectivity index (χ1n) is 10.3. The standard InChI is InChI=1S/C23H28N4O2/c1-2-6-21(7-3-1)27-17-20(23(26-27)19-9-12-24-13-10-19)16-25-11-5-14-28-18-22-8-4-15-29-22/h1-3,6-7,9-10,12-13,17,22,25H,4-5,8,11,14-16,18H2. The molecule has 1 aromatic carbocycles. The fourth-order valence-corrected chi connectivity index (χ4v) is 3.52. The van der Waals surface area contributed by atoms with Gasteiger partial charge in [-0.2, -0.15) is 5.10 Å². The van der Waals surface area contributed by atoms with Gasteiger partial charge in [0.25, 0.3) is 0 Å². The lowest BCUT2D eigenvalue weighted by Gasteiger charge is -2.10. The summed E-state index contributed by atoms with van der Waals surface area (Å²) in [5.74, 6) is 0. The molecule has 0 spiro atoms. The topological polar surface area (TPSA) is 61.2 Å². The molecule has 0 radical (unpaired) electrons. The molecule has 1 N–H and O–H groups in total. The van der Waals surface area contributed by atoms with Crippen molar-refractivity contribution >= 4 is 0 Å². The van der Waals surface area contributed by atoms with Crippen LogP contribution in [0.4, 0.5) is 0 Å². The van der Waals surface area contributed by atoms with Crippen molar-refractivity contribution in [3.8, 4) is 16.9 Å². The van der Waals surface area contributed by atoms with Gasteiger partial charge in [0.2, 0.25) is 0 Å². The van der Waals surface area contributed by atoms with E-state index in [2.05, 4.69) is 28.6 Å². The molecule has 1 atom stereocenters. The Morgan fingerprint density at radius 1 is 1.14 bits per heavy atom. The smallest absolute Gasteiger partial charge is 0.0973 e. The number of benzene rings is 1. The highest BCUT2D eigenvalue weighted by Gasteiger charge is 2.15. The Morgan fingerprint density at radius 2 is 2.00 bits per heavy atom. The molecule has 0 amide bonds. The molecule has 0 saturated carbocycles. The third-order valence-corrected chi connectivity index (χ3v) is 5.05. The predicted octanol–water partition coefficient (Wildman–Crippen LogP) is 3.61. The number of ether oxygens (including phenoxy) is 2. The van der Waals surface area contributed by atoms with E-state index in [0.29, 0.717) is 6.10 Å². The minimum atomic E-state index is 0.301. The second-order valence-electron chi connectivity index (χ2n) is 7.26. The molecule has 152 valence electrons. The molecule has 0 bridgehead atoms. The molecule has 4 rings (SSSR count). The monoisotopic (exact) mass is 392 g/mol. The fourth-order valence-electron chi connectivity index (χ4n) is 3.52. The maximum atomic E-state index is 5.74. The van der Waals surface area contributed by atoms with Crippen molar-refractivity contribution < 1.29 is 9.47 Å². The Labute approximate surface area is 171 Å². The number of aromatic nitrogens is 3. The highest BCUT2D eigenvalue weighted by Crippen LogP contribution is 2.23. The van der Waals surface area contributed by atoms with Crippen LogP contribution in [0.5, 0.6) is 0 Å². The van der Waals surface area contributed by atoms with Gasteiger partial charge in [-0.25, -0.2) is 4.68 Å². The molecule has 2 aromatic heterocycles. The minimum absolute atomic E-state index is 0.301. The van der Waals surface area contributed by atoms with Crippen LogP contribution in [0.15, 0.2) is 61.1 Å². The summed E-state index contributed by atoms with van der Waals surface area (Å²) in [5.41, 5.74) is 4.28. The molecule has 3 heterocycles. The van der Waals surface area contributed by atoms with Crippen LogP contribution in [0.3, 0.4) is 0 Å². The van der Waals surface area contributed by atoms with E-state index < -0.39 is 0 Å². The zero-order chi connectivity index (χ0) is 19.7. The van der Waals surface area contributed by atoms with E-state index in [0.717, 1.165) is 69.1 Å². The third kappa shape index (κ3) is 5.50. The van der Waals surface area contributed by atoms with Gasteiger partial charge in [-0.3, -0.25) is 4.98 Å². The maximum absolute atomic E-state index is 5.74. The van der Waals surface area contributed by atoms with Crippen LogP contribution in [-0.4, -0.2) is 47.2 Å². The third-order valence-electron chi connectivity index (χ3n) is 5.05. The Balaban J connectivity index is 1.32. The normalized spacial score (nSPS) is 16.3. The van der Waals surface area contributed by atoms with Crippen molar-refractivity contribution in [1.29, 1.82) is 0 Å². The average Bonchev–Trinajstić information content (AvgIpc) is 3.44. The van der Waals surface area contributed by atoms with Gasteiger partial charge in [0.05, 0.1) is 24.1 Å². The molecule has 3 aromatic rings. The average molecular weight is 393 g/mol. The van der Waals surface area contributed by atoms with Gasteiger partial charge < -0.3 is 14.8 Å². The van der Waals surface area contributed by atoms with Crippen molar-refractivity contribution in [3.05, 3.63) is 66.6 Å². The Bertz CT molecular complexity index is 861. The van der Waals surface area contributed by atoms with Gasteiger partial charge in [-0.05, 0) is 50.1 Å². The maximum Gasteiger partial charge on any atom is 0.0973 e. The van der Waals surface area contributed by atoms with E-state index in [4.69, 9.17) is 14.6 Å². The van der Waals surface area contributed by atoms with Crippen LogP contribution in [0.1, 0.15) is 24.8 Å². The second kappa shape index (κ2) is 10.3. The molecule has 1 fully saturated rings. The molecule has 6 heteroatoms. The molecule has 1 unspecified atom stereocenters. The highest BCUT2D eigenvalue weighted by atomic mass is 16.5. The number of hydrogen-bond acceptors (Lipinski definition) is 5. The molecule has 1 saturated heterocycles. The molecular weight excluding hydrogens is 364 g/mol. The summed E-state index contributed by atoms with van der Waals surface area (Å²) in [6.45, 7) is 4.02. The van der Waals surface area contributed by atoms with Crippen LogP contribution in [-0.2, 0) is 16.0 Å². The van der Waals surface area contributed by atoms with Gasteiger partial charge >= 0.3 is 0 Å². The van der Waals surface area contributed by atoms with E-state index in [-0.39, 0.29) is 0 Å². The summed E-state index contributed by atoms with van der Waals surface area (Å²) in [4.78, 5) is 4.12. The van der Waals surface area contributed by atoms with E-state index in [1.54, 1.807) is 12.4 Å². The second-order valence-corrected chi connectivity index (χ2v) is 7.26. The lowest BCUT2D eigenvalue weighted by atomic mass is 10.1. The summed E-state index contributed by atoms with van der Waals surface area (Å²) in [5, 5.41) is 8.36. The zero-order valence-electron chi connectivity index (χ0n) is 16.7. The van der Waals surface area contributed by atoms with Crippen LogP contribution < -0.4 is 5.32 Å². The van der Waals surface area contributed by atoms with Crippen molar-refractivity contribution in [1.82, 2.24) is 20.1 Å². The quantitative estimate of drug-likeness (QED) is 0.534. The van der Waals surface area contributed by atoms with Crippen LogP contribution >= 0.6 is 0 Å². The molecule has 1 aliphatic rings. The summed E-state index contributed by atoms with van der Waals surface area (Å²) in [7, 11) is 0. The highest BCUT2D eigenvalue weighted by molar-refractivity contribution is 5.62. The molecule has 1 aliphatic heterocycles.